The summed E-state index contributed by atoms with van der Waals surface area (Å²) in [7, 11) is 0. The molecule has 1 N–H and O–H groups in total. The first-order chi connectivity index (χ1) is 19.7. The van der Waals surface area contributed by atoms with Gasteiger partial charge in [-0.15, -0.1) is 0 Å². The van der Waals surface area contributed by atoms with Gasteiger partial charge in [0, 0.05) is 30.3 Å². The minimum absolute atomic E-state index is 0.250. The zero-order valence-corrected chi connectivity index (χ0v) is 23.9. The monoisotopic (exact) mass is 564 g/mol. The van der Waals surface area contributed by atoms with Crippen LogP contribution in [-0.4, -0.2) is 39.5 Å². The third kappa shape index (κ3) is 7.28. The largest absolute Gasteiger partial charge is 0.417 e. The molecule has 2 atom stereocenters. The number of nitrogens with one attached hydrogen (secondary N) is 1. The fraction of sp³-hybridized carbons (Fsp3) is 0.455. The number of aromatic nitrogens is 2. The van der Waals surface area contributed by atoms with Crippen molar-refractivity contribution >= 4 is 5.91 Å². The van der Waals surface area contributed by atoms with Crippen LogP contribution in [0.1, 0.15) is 81.1 Å². The molecule has 8 heteroatoms. The van der Waals surface area contributed by atoms with E-state index in [4.69, 9.17) is 0 Å². The van der Waals surface area contributed by atoms with Crippen molar-refractivity contribution in [3.63, 3.8) is 0 Å². The number of amides is 1. The Hall–Kier alpha value is -3.39. The molecule has 1 saturated heterocycles. The Bertz CT molecular complexity index is 1360. The van der Waals surface area contributed by atoms with Crippen molar-refractivity contribution in [2.24, 2.45) is 5.92 Å². The zero-order chi connectivity index (χ0) is 29.0. The molecule has 1 amide bonds. The van der Waals surface area contributed by atoms with Gasteiger partial charge in [0.2, 0.25) is 0 Å². The lowest BCUT2D eigenvalue weighted by molar-refractivity contribution is -0.137. The van der Waals surface area contributed by atoms with Crippen LogP contribution in [0.4, 0.5) is 13.2 Å². The summed E-state index contributed by atoms with van der Waals surface area (Å²) >= 11 is 0. The summed E-state index contributed by atoms with van der Waals surface area (Å²) in [6.45, 7) is 6.71. The van der Waals surface area contributed by atoms with Crippen LogP contribution in [0.5, 0.6) is 0 Å². The number of carbonyl (C=O) groups is 1. The number of rotatable bonds is 5. The van der Waals surface area contributed by atoms with Crippen LogP contribution in [-0.2, 0) is 6.18 Å². The Balaban J connectivity index is 1.26. The average Bonchev–Trinajstić information content (AvgIpc) is 3.28. The second-order valence-corrected chi connectivity index (χ2v) is 11.6. The second kappa shape index (κ2) is 12.6. The molecule has 0 saturated carbocycles. The molecule has 1 fully saturated rings. The first-order valence-corrected chi connectivity index (χ1v) is 14.7. The van der Waals surface area contributed by atoms with E-state index in [-0.39, 0.29) is 11.8 Å². The molecule has 2 aromatic heterocycles. The smallest absolute Gasteiger partial charge is 0.322 e. The van der Waals surface area contributed by atoms with Crippen molar-refractivity contribution in [1.29, 1.82) is 0 Å². The second-order valence-electron chi connectivity index (χ2n) is 11.6. The van der Waals surface area contributed by atoms with E-state index in [1.54, 1.807) is 23.0 Å². The van der Waals surface area contributed by atoms with Gasteiger partial charge >= 0.3 is 6.18 Å². The Morgan fingerprint density at radius 1 is 1.05 bits per heavy atom. The standard InChI is InChI=1S/C33H39F3N4O/c1-23-7-13-30(25-8-11-29(12-9-25)39-16-5-3-4-6-17-39)24(2)20-28(19-23)38-32(41)26-15-18-40(22-26)31-14-10-27(21-37-31)33(34,35)36/h8,10,13-15,18-23,29H,3-7,9,11-12,16-17H2,1-2H3,(H,38,41)/b24-20-,28-19+,30-13-. The predicted octanol–water partition coefficient (Wildman–Crippen LogP) is 7.77. The van der Waals surface area contributed by atoms with Crippen molar-refractivity contribution in [3.8, 4) is 5.82 Å². The Morgan fingerprint density at radius 3 is 2.49 bits per heavy atom. The number of nitrogens with zero attached hydrogens (tertiary/aromatic N) is 3. The predicted molar refractivity (Wildman–Crippen MR) is 155 cm³/mol. The van der Waals surface area contributed by atoms with E-state index in [1.165, 1.54) is 62.4 Å². The fourth-order valence-electron chi connectivity index (χ4n) is 6.10. The van der Waals surface area contributed by atoms with Gasteiger partial charge in [-0.3, -0.25) is 4.79 Å². The number of alkyl halides is 3. The molecule has 3 aliphatic rings. The molecule has 2 aromatic rings. The van der Waals surface area contributed by atoms with Crippen molar-refractivity contribution in [2.75, 3.05) is 13.1 Å². The van der Waals surface area contributed by atoms with Gasteiger partial charge in [-0.05, 0) is 105 Å². The van der Waals surface area contributed by atoms with Gasteiger partial charge in [-0.2, -0.15) is 13.2 Å². The molecule has 0 radical (unpaired) electrons. The lowest BCUT2D eigenvalue weighted by atomic mass is 9.84. The Labute approximate surface area is 240 Å². The van der Waals surface area contributed by atoms with Crippen LogP contribution in [0.2, 0.25) is 0 Å². The molecule has 2 unspecified atom stereocenters. The number of halogens is 3. The van der Waals surface area contributed by atoms with E-state index in [0.29, 0.717) is 17.4 Å². The van der Waals surface area contributed by atoms with E-state index in [1.807, 2.05) is 0 Å². The minimum Gasteiger partial charge on any atom is -0.322 e. The summed E-state index contributed by atoms with van der Waals surface area (Å²) in [4.78, 5) is 19.8. The molecule has 5 nitrogen and oxygen atoms in total. The van der Waals surface area contributed by atoms with Gasteiger partial charge in [-0.1, -0.05) is 38.0 Å². The molecule has 218 valence electrons. The first kappa shape index (κ1) is 29.1. The van der Waals surface area contributed by atoms with Crippen molar-refractivity contribution < 1.29 is 18.0 Å². The van der Waals surface area contributed by atoms with Crippen molar-refractivity contribution in [1.82, 2.24) is 19.8 Å². The highest BCUT2D eigenvalue weighted by molar-refractivity contribution is 5.95. The van der Waals surface area contributed by atoms with Crippen LogP contribution in [0.3, 0.4) is 0 Å². The highest BCUT2D eigenvalue weighted by atomic mass is 19.4. The van der Waals surface area contributed by atoms with Crippen LogP contribution in [0.15, 0.2) is 83.5 Å². The Kier molecular flexibility index (Phi) is 8.97. The molecule has 2 aliphatic carbocycles. The molecule has 1 aliphatic heterocycles. The average molecular weight is 565 g/mol. The maximum absolute atomic E-state index is 13.2. The van der Waals surface area contributed by atoms with E-state index in [2.05, 4.69) is 53.4 Å². The summed E-state index contributed by atoms with van der Waals surface area (Å²) in [5.41, 5.74) is 4.17. The summed E-state index contributed by atoms with van der Waals surface area (Å²) in [5, 5.41) is 3.05. The van der Waals surface area contributed by atoms with Crippen molar-refractivity contribution in [3.05, 3.63) is 94.6 Å². The van der Waals surface area contributed by atoms with Gasteiger partial charge in [0.1, 0.15) is 5.82 Å². The Morgan fingerprint density at radius 2 is 1.83 bits per heavy atom. The van der Waals surface area contributed by atoms with Crippen LogP contribution < -0.4 is 5.32 Å². The van der Waals surface area contributed by atoms with E-state index in [0.717, 1.165) is 42.8 Å². The number of hydrogen-bond acceptors (Lipinski definition) is 3. The maximum Gasteiger partial charge on any atom is 0.417 e. The SMILES string of the molecule is CC1=C/C(NC(=O)c2ccn(-c3ccc(C(F)(F)F)cn3)c2)=C\C(C)C\C=C\1C1=CCC(N2CCCCCC2)CC1. The summed E-state index contributed by atoms with van der Waals surface area (Å²) in [6, 6.07) is 4.56. The third-order valence-corrected chi connectivity index (χ3v) is 8.39. The maximum atomic E-state index is 13.2. The van der Waals surface area contributed by atoms with Gasteiger partial charge in [0.15, 0.2) is 0 Å². The summed E-state index contributed by atoms with van der Waals surface area (Å²) in [6.07, 6.45) is 18.1. The van der Waals surface area contributed by atoms with E-state index < -0.39 is 11.7 Å². The number of hydrogen-bond donors (Lipinski definition) is 1. The third-order valence-electron chi connectivity index (χ3n) is 8.39. The van der Waals surface area contributed by atoms with Gasteiger partial charge in [0.05, 0.1) is 11.1 Å². The highest BCUT2D eigenvalue weighted by Gasteiger charge is 2.30. The highest BCUT2D eigenvalue weighted by Crippen LogP contribution is 2.34. The zero-order valence-electron chi connectivity index (χ0n) is 23.9. The first-order valence-electron chi connectivity index (χ1n) is 14.7. The molecule has 0 spiro atoms. The summed E-state index contributed by atoms with van der Waals surface area (Å²) in [5.74, 6) is 0.279. The molecule has 3 heterocycles. The molecule has 0 bridgehead atoms. The van der Waals surface area contributed by atoms with Crippen LogP contribution in [0, 0.1) is 5.92 Å². The minimum atomic E-state index is -4.45. The van der Waals surface area contributed by atoms with E-state index >= 15 is 0 Å². The normalized spacial score (nSPS) is 26.7. The van der Waals surface area contributed by atoms with Gasteiger partial charge in [0.25, 0.3) is 5.91 Å². The number of likely N-dealkylation sites (tertiary alicyclic amines) is 1. The molecular formula is C33H39F3N4O. The lowest BCUT2D eigenvalue weighted by Gasteiger charge is -2.33. The quantitative estimate of drug-likeness (QED) is 0.404. The molecule has 41 heavy (non-hydrogen) atoms. The molecule has 5 rings (SSSR count). The van der Waals surface area contributed by atoms with Gasteiger partial charge < -0.3 is 14.8 Å². The fourth-order valence-corrected chi connectivity index (χ4v) is 6.10. The van der Waals surface area contributed by atoms with Crippen LogP contribution in [0.25, 0.3) is 5.82 Å². The topological polar surface area (TPSA) is 50.2 Å². The number of carbonyl (C=O) groups excluding carboxylic acids is 1. The van der Waals surface area contributed by atoms with Crippen molar-refractivity contribution in [2.45, 2.75) is 77.4 Å². The number of allylic oxidation sites excluding steroid dienone is 6. The van der Waals surface area contributed by atoms with Crippen LogP contribution >= 0.6 is 0 Å². The molecular weight excluding hydrogens is 525 g/mol. The van der Waals surface area contributed by atoms with Gasteiger partial charge in [-0.25, -0.2) is 4.98 Å². The lowest BCUT2D eigenvalue weighted by Crippen LogP contribution is -2.37. The number of pyridine rings is 1. The van der Waals surface area contributed by atoms with E-state index in [9.17, 15) is 18.0 Å². The summed E-state index contributed by atoms with van der Waals surface area (Å²) < 4.78 is 40.2. The molecule has 0 aromatic carbocycles.